The van der Waals surface area contributed by atoms with Gasteiger partial charge in [-0.1, -0.05) is 0 Å². The fourth-order valence-corrected chi connectivity index (χ4v) is 2.61. The standard InChI is InChI=1S/C13H18N4/c1-16-5-2-10(3-6-16)13-15-9-12-8-11(14)4-7-17(12)13/h4,7-10H,2-3,5-6,14H2,1H3. The minimum absolute atomic E-state index is 0.581. The summed E-state index contributed by atoms with van der Waals surface area (Å²) in [6, 6.07) is 3.92. The summed E-state index contributed by atoms with van der Waals surface area (Å²) < 4.78 is 2.17. The van der Waals surface area contributed by atoms with Crippen molar-refractivity contribution in [2.75, 3.05) is 25.9 Å². The fourth-order valence-electron chi connectivity index (χ4n) is 2.61. The van der Waals surface area contributed by atoms with Crippen LogP contribution in [0.25, 0.3) is 5.52 Å². The fraction of sp³-hybridized carbons (Fsp3) is 0.462. The second-order valence-electron chi connectivity index (χ2n) is 4.95. The van der Waals surface area contributed by atoms with E-state index >= 15 is 0 Å². The van der Waals surface area contributed by atoms with E-state index in [0.717, 1.165) is 24.3 Å². The highest BCUT2D eigenvalue weighted by atomic mass is 15.1. The van der Waals surface area contributed by atoms with Gasteiger partial charge in [-0.15, -0.1) is 0 Å². The van der Waals surface area contributed by atoms with E-state index in [2.05, 4.69) is 21.3 Å². The van der Waals surface area contributed by atoms with Crippen LogP contribution in [0, 0.1) is 0 Å². The van der Waals surface area contributed by atoms with Crippen LogP contribution in [0.1, 0.15) is 24.6 Å². The number of nitrogens with zero attached hydrogens (tertiary/aromatic N) is 3. The highest BCUT2D eigenvalue weighted by molar-refractivity contribution is 5.56. The summed E-state index contributed by atoms with van der Waals surface area (Å²) in [5.41, 5.74) is 7.68. The molecule has 4 nitrogen and oxygen atoms in total. The Morgan fingerprint density at radius 2 is 2.12 bits per heavy atom. The first-order chi connectivity index (χ1) is 8.24. The van der Waals surface area contributed by atoms with Crippen LogP contribution in [0.2, 0.25) is 0 Å². The molecule has 0 unspecified atom stereocenters. The molecular formula is C13H18N4. The molecule has 1 fully saturated rings. The number of likely N-dealkylation sites (tertiary alicyclic amines) is 1. The minimum Gasteiger partial charge on any atom is -0.399 e. The van der Waals surface area contributed by atoms with Crippen LogP contribution in [0.4, 0.5) is 5.69 Å². The number of anilines is 1. The third-order valence-electron chi connectivity index (χ3n) is 3.67. The first kappa shape index (κ1) is 10.6. The lowest BCUT2D eigenvalue weighted by atomic mass is 9.96. The Hall–Kier alpha value is -1.55. The molecule has 17 heavy (non-hydrogen) atoms. The van der Waals surface area contributed by atoms with Crippen LogP contribution in [0.15, 0.2) is 24.5 Å². The molecule has 1 saturated heterocycles. The van der Waals surface area contributed by atoms with E-state index in [1.54, 1.807) is 0 Å². The van der Waals surface area contributed by atoms with Gasteiger partial charge in [0.1, 0.15) is 5.82 Å². The Kier molecular flexibility index (Phi) is 2.52. The maximum atomic E-state index is 5.78. The van der Waals surface area contributed by atoms with Crippen molar-refractivity contribution in [1.82, 2.24) is 14.3 Å². The zero-order chi connectivity index (χ0) is 11.8. The van der Waals surface area contributed by atoms with Gasteiger partial charge in [0.05, 0.1) is 11.7 Å². The third-order valence-corrected chi connectivity index (χ3v) is 3.67. The van der Waals surface area contributed by atoms with E-state index in [0.29, 0.717) is 5.92 Å². The quantitative estimate of drug-likeness (QED) is 0.811. The van der Waals surface area contributed by atoms with E-state index in [1.807, 2.05) is 24.5 Å². The number of pyridine rings is 1. The molecule has 0 atom stereocenters. The normalized spacial score (nSPS) is 18.9. The Balaban J connectivity index is 1.95. The zero-order valence-electron chi connectivity index (χ0n) is 10.1. The van der Waals surface area contributed by atoms with Gasteiger partial charge in [0.25, 0.3) is 0 Å². The highest BCUT2D eigenvalue weighted by Crippen LogP contribution is 2.27. The maximum Gasteiger partial charge on any atom is 0.116 e. The van der Waals surface area contributed by atoms with E-state index in [-0.39, 0.29) is 0 Å². The van der Waals surface area contributed by atoms with Gasteiger partial charge in [-0.05, 0) is 45.1 Å². The maximum absolute atomic E-state index is 5.78. The predicted molar refractivity (Wildman–Crippen MR) is 69.1 cm³/mol. The van der Waals surface area contributed by atoms with Crippen molar-refractivity contribution in [2.24, 2.45) is 0 Å². The third kappa shape index (κ3) is 1.89. The Labute approximate surface area is 101 Å². The van der Waals surface area contributed by atoms with E-state index in [4.69, 9.17) is 5.73 Å². The number of imidazole rings is 1. The molecule has 90 valence electrons. The lowest BCUT2D eigenvalue weighted by Crippen LogP contribution is -2.29. The van der Waals surface area contributed by atoms with Crippen molar-refractivity contribution in [3.63, 3.8) is 0 Å². The van der Waals surface area contributed by atoms with Crippen molar-refractivity contribution in [3.05, 3.63) is 30.4 Å². The number of nitrogens with two attached hydrogens (primary N) is 1. The van der Waals surface area contributed by atoms with Gasteiger partial charge in [0, 0.05) is 17.8 Å². The van der Waals surface area contributed by atoms with Crippen LogP contribution in [0.5, 0.6) is 0 Å². The molecule has 4 heteroatoms. The van der Waals surface area contributed by atoms with E-state index < -0.39 is 0 Å². The topological polar surface area (TPSA) is 46.6 Å². The number of fused-ring (bicyclic) bond motifs is 1. The Morgan fingerprint density at radius 1 is 1.35 bits per heavy atom. The number of aromatic nitrogens is 2. The summed E-state index contributed by atoms with van der Waals surface area (Å²) in [5, 5.41) is 0. The molecule has 2 aromatic heterocycles. The van der Waals surface area contributed by atoms with Crippen LogP contribution in [-0.2, 0) is 0 Å². The number of hydrogen-bond acceptors (Lipinski definition) is 3. The minimum atomic E-state index is 0.581. The lowest BCUT2D eigenvalue weighted by molar-refractivity contribution is 0.251. The van der Waals surface area contributed by atoms with Gasteiger partial charge in [-0.25, -0.2) is 4.98 Å². The predicted octanol–water partition coefficient (Wildman–Crippen LogP) is 1.73. The molecule has 0 radical (unpaired) electrons. The van der Waals surface area contributed by atoms with Gasteiger partial charge >= 0.3 is 0 Å². The van der Waals surface area contributed by atoms with Gasteiger partial charge in [0.15, 0.2) is 0 Å². The molecule has 2 aromatic rings. The number of piperidine rings is 1. The monoisotopic (exact) mass is 230 g/mol. The van der Waals surface area contributed by atoms with Crippen LogP contribution < -0.4 is 5.73 Å². The van der Waals surface area contributed by atoms with Gasteiger partial charge in [-0.3, -0.25) is 0 Å². The van der Waals surface area contributed by atoms with Gasteiger partial charge < -0.3 is 15.0 Å². The molecule has 0 bridgehead atoms. The van der Waals surface area contributed by atoms with Gasteiger partial charge in [-0.2, -0.15) is 0 Å². The molecule has 3 rings (SSSR count). The second-order valence-corrected chi connectivity index (χ2v) is 4.95. The Bertz CT molecular complexity index is 523. The number of rotatable bonds is 1. The SMILES string of the molecule is CN1CCC(c2ncc3cc(N)ccn23)CC1. The smallest absolute Gasteiger partial charge is 0.116 e. The molecule has 3 heterocycles. The van der Waals surface area contributed by atoms with Crippen LogP contribution in [-0.4, -0.2) is 34.4 Å². The highest BCUT2D eigenvalue weighted by Gasteiger charge is 2.21. The molecule has 0 spiro atoms. The van der Waals surface area contributed by atoms with Crippen molar-refractivity contribution in [3.8, 4) is 0 Å². The molecule has 0 aromatic carbocycles. The zero-order valence-corrected chi connectivity index (χ0v) is 10.1. The summed E-state index contributed by atoms with van der Waals surface area (Å²) in [4.78, 5) is 6.95. The summed E-state index contributed by atoms with van der Waals surface area (Å²) in [7, 11) is 2.18. The number of nitrogen functional groups attached to an aromatic ring is 1. The molecule has 1 aliphatic rings. The second kappa shape index (κ2) is 4.04. The molecule has 0 amide bonds. The van der Waals surface area contributed by atoms with E-state index in [1.165, 1.54) is 18.7 Å². The Morgan fingerprint density at radius 3 is 2.88 bits per heavy atom. The number of hydrogen-bond donors (Lipinski definition) is 1. The molecule has 1 aliphatic heterocycles. The summed E-state index contributed by atoms with van der Waals surface area (Å²) >= 11 is 0. The average molecular weight is 230 g/mol. The molecule has 2 N–H and O–H groups in total. The van der Waals surface area contributed by atoms with Crippen molar-refractivity contribution in [1.29, 1.82) is 0 Å². The summed E-state index contributed by atoms with van der Waals surface area (Å²) in [6.45, 7) is 2.32. The molecule has 0 aliphatic carbocycles. The van der Waals surface area contributed by atoms with Crippen LogP contribution >= 0.6 is 0 Å². The summed E-state index contributed by atoms with van der Waals surface area (Å²) in [6.07, 6.45) is 6.34. The van der Waals surface area contributed by atoms with Gasteiger partial charge in [0.2, 0.25) is 0 Å². The van der Waals surface area contributed by atoms with Crippen molar-refractivity contribution in [2.45, 2.75) is 18.8 Å². The molecular weight excluding hydrogens is 212 g/mol. The molecule has 0 saturated carbocycles. The van der Waals surface area contributed by atoms with Crippen molar-refractivity contribution >= 4 is 11.2 Å². The van der Waals surface area contributed by atoms with Crippen molar-refractivity contribution < 1.29 is 0 Å². The first-order valence-electron chi connectivity index (χ1n) is 6.15. The lowest BCUT2D eigenvalue weighted by Gasteiger charge is -2.28. The largest absolute Gasteiger partial charge is 0.399 e. The summed E-state index contributed by atoms with van der Waals surface area (Å²) in [5.74, 6) is 1.77. The van der Waals surface area contributed by atoms with E-state index in [9.17, 15) is 0 Å². The van der Waals surface area contributed by atoms with Crippen LogP contribution in [0.3, 0.4) is 0 Å². The first-order valence-corrected chi connectivity index (χ1v) is 6.15. The average Bonchev–Trinajstić information content (AvgIpc) is 2.73.